The van der Waals surface area contributed by atoms with Crippen molar-refractivity contribution in [2.75, 3.05) is 5.75 Å². The van der Waals surface area contributed by atoms with Gasteiger partial charge in [-0.1, -0.05) is 38.0 Å². The molecule has 1 heteroatoms. The molecular formula is C14H20S. The van der Waals surface area contributed by atoms with Crippen LogP contribution >= 0.6 is 11.8 Å². The van der Waals surface area contributed by atoms with Crippen LogP contribution in [0.15, 0.2) is 41.8 Å². The van der Waals surface area contributed by atoms with Gasteiger partial charge in [0.1, 0.15) is 0 Å². The number of hydrogen-bond acceptors (Lipinski definition) is 1. The highest BCUT2D eigenvalue weighted by Gasteiger charge is 1.94. The van der Waals surface area contributed by atoms with E-state index < -0.39 is 0 Å². The fraction of sp³-hybridized carbons (Fsp3) is 0.429. The molecule has 0 saturated heterocycles. The highest BCUT2D eigenvalue weighted by atomic mass is 32.2. The predicted molar refractivity (Wildman–Crippen MR) is 70.6 cm³/mol. The average molecular weight is 220 g/mol. The van der Waals surface area contributed by atoms with E-state index in [-0.39, 0.29) is 0 Å². The summed E-state index contributed by atoms with van der Waals surface area (Å²) in [5.74, 6) is 1.24. The minimum Gasteiger partial charge on any atom is -0.126 e. The van der Waals surface area contributed by atoms with Gasteiger partial charge in [0.05, 0.1) is 0 Å². The Bertz CT molecular complexity index is 274. The first-order valence-corrected chi connectivity index (χ1v) is 6.68. The van der Waals surface area contributed by atoms with Gasteiger partial charge < -0.3 is 0 Å². The van der Waals surface area contributed by atoms with Gasteiger partial charge in [-0.25, -0.2) is 0 Å². The van der Waals surface area contributed by atoms with E-state index in [1.54, 1.807) is 0 Å². The van der Waals surface area contributed by atoms with E-state index in [9.17, 15) is 0 Å². The SMILES string of the molecule is C=CCc1ccc(SCCCCC)cc1. The van der Waals surface area contributed by atoms with E-state index in [0.717, 1.165) is 6.42 Å². The van der Waals surface area contributed by atoms with Gasteiger partial charge in [-0.05, 0) is 36.3 Å². The monoisotopic (exact) mass is 220 g/mol. The van der Waals surface area contributed by atoms with Crippen molar-refractivity contribution in [1.29, 1.82) is 0 Å². The molecule has 0 atom stereocenters. The highest BCUT2D eigenvalue weighted by molar-refractivity contribution is 7.99. The van der Waals surface area contributed by atoms with Crippen molar-refractivity contribution in [1.82, 2.24) is 0 Å². The zero-order valence-corrected chi connectivity index (χ0v) is 10.4. The Balaban J connectivity index is 2.32. The normalized spacial score (nSPS) is 10.2. The Morgan fingerprint density at radius 1 is 1.20 bits per heavy atom. The third-order valence-corrected chi connectivity index (χ3v) is 3.42. The van der Waals surface area contributed by atoms with Crippen molar-refractivity contribution in [2.24, 2.45) is 0 Å². The molecule has 1 rings (SSSR count). The van der Waals surface area contributed by atoms with Crippen LogP contribution < -0.4 is 0 Å². The molecular weight excluding hydrogens is 200 g/mol. The molecule has 0 bridgehead atoms. The number of thioether (sulfide) groups is 1. The summed E-state index contributed by atoms with van der Waals surface area (Å²) < 4.78 is 0. The molecule has 0 aliphatic rings. The number of benzene rings is 1. The van der Waals surface area contributed by atoms with E-state index in [2.05, 4.69) is 37.8 Å². The minimum absolute atomic E-state index is 0.973. The molecule has 0 radical (unpaired) electrons. The zero-order valence-electron chi connectivity index (χ0n) is 9.54. The van der Waals surface area contributed by atoms with E-state index in [0.29, 0.717) is 0 Å². The standard InChI is InChI=1S/C14H20S/c1-3-5-6-12-15-14-10-8-13(7-4-2)9-11-14/h4,8-11H,2-3,5-7,12H2,1H3. The van der Waals surface area contributed by atoms with Crippen molar-refractivity contribution in [3.05, 3.63) is 42.5 Å². The molecule has 0 nitrogen and oxygen atoms in total. The quantitative estimate of drug-likeness (QED) is 0.365. The van der Waals surface area contributed by atoms with Crippen molar-refractivity contribution in [3.63, 3.8) is 0 Å². The number of allylic oxidation sites excluding steroid dienone is 1. The molecule has 0 N–H and O–H groups in total. The summed E-state index contributed by atoms with van der Waals surface area (Å²) in [6.07, 6.45) is 6.90. The van der Waals surface area contributed by atoms with E-state index in [1.807, 2.05) is 17.8 Å². The number of rotatable bonds is 7. The van der Waals surface area contributed by atoms with Crippen molar-refractivity contribution in [3.8, 4) is 0 Å². The van der Waals surface area contributed by atoms with Crippen LogP contribution in [0.1, 0.15) is 31.7 Å². The fourth-order valence-electron chi connectivity index (χ4n) is 1.43. The van der Waals surface area contributed by atoms with Gasteiger partial charge >= 0.3 is 0 Å². The van der Waals surface area contributed by atoms with Crippen LogP contribution in [0.25, 0.3) is 0 Å². The van der Waals surface area contributed by atoms with Crippen molar-refractivity contribution >= 4 is 11.8 Å². The van der Waals surface area contributed by atoms with Crippen LogP contribution in [-0.2, 0) is 6.42 Å². The smallest absolute Gasteiger partial charge is 0.00721 e. The fourth-order valence-corrected chi connectivity index (χ4v) is 2.34. The third kappa shape index (κ3) is 5.08. The maximum Gasteiger partial charge on any atom is 0.00721 e. The molecule has 0 aliphatic carbocycles. The molecule has 0 aliphatic heterocycles. The van der Waals surface area contributed by atoms with Crippen LogP contribution in [0.5, 0.6) is 0 Å². The maximum absolute atomic E-state index is 3.74. The second-order valence-electron chi connectivity index (χ2n) is 3.69. The molecule has 0 fully saturated rings. The van der Waals surface area contributed by atoms with Gasteiger partial charge in [0.25, 0.3) is 0 Å². The van der Waals surface area contributed by atoms with Crippen molar-refractivity contribution < 1.29 is 0 Å². The summed E-state index contributed by atoms with van der Waals surface area (Å²) in [5.41, 5.74) is 1.35. The Hall–Kier alpha value is -0.690. The summed E-state index contributed by atoms with van der Waals surface area (Å²) in [4.78, 5) is 1.39. The van der Waals surface area contributed by atoms with Gasteiger partial charge in [0.2, 0.25) is 0 Å². The van der Waals surface area contributed by atoms with E-state index in [1.165, 1.54) is 35.5 Å². The van der Waals surface area contributed by atoms with E-state index >= 15 is 0 Å². The van der Waals surface area contributed by atoms with Gasteiger partial charge in [-0.2, -0.15) is 0 Å². The first kappa shape index (κ1) is 12.4. The van der Waals surface area contributed by atoms with Crippen LogP contribution in [0.3, 0.4) is 0 Å². The topological polar surface area (TPSA) is 0 Å². The zero-order chi connectivity index (χ0) is 10.9. The van der Waals surface area contributed by atoms with Crippen LogP contribution in [0.2, 0.25) is 0 Å². The molecule has 0 aromatic heterocycles. The molecule has 82 valence electrons. The van der Waals surface area contributed by atoms with Crippen LogP contribution in [0.4, 0.5) is 0 Å². The minimum atomic E-state index is 0.973. The predicted octanol–water partition coefficient (Wildman–Crippen LogP) is 4.70. The second kappa shape index (κ2) is 7.58. The molecule has 1 aromatic carbocycles. The molecule has 1 aromatic rings. The Kier molecular flexibility index (Phi) is 6.26. The van der Waals surface area contributed by atoms with Gasteiger partial charge in [0, 0.05) is 4.90 Å². The first-order chi connectivity index (χ1) is 7.36. The highest BCUT2D eigenvalue weighted by Crippen LogP contribution is 2.20. The average Bonchev–Trinajstić information content (AvgIpc) is 2.27. The van der Waals surface area contributed by atoms with Crippen LogP contribution in [0, 0.1) is 0 Å². The Morgan fingerprint density at radius 2 is 1.93 bits per heavy atom. The lowest BCUT2D eigenvalue weighted by Crippen LogP contribution is -1.82. The number of unbranched alkanes of at least 4 members (excludes halogenated alkanes) is 2. The van der Waals surface area contributed by atoms with E-state index in [4.69, 9.17) is 0 Å². The van der Waals surface area contributed by atoms with Gasteiger partial charge in [0.15, 0.2) is 0 Å². The summed E-state index contributed by atoms with van der Waals surface area (Å²) in [7, 11) is 0. The third-order valence-electron chi connectivity index (χ3n) is 2.32. The summed E-state index contributed by atoms with van der Waals surface area (Å²) in [6.45, 7) is 5.99. The lowest BCUT2D eigenvalue weighted by atomic mass is 10.2. The van der Waals surface area contributed by atoms with Gasteiger partial charge in [-0.3, -0.25) is 0 Å². The molecule has 0 saturated carbocycles. The summed E-state index contributed by atoms with van der Waals surface area (Å²) in [6, 6.07) is 8.83. The molecule has 0 amide bonds. The first-order valence-electron chi connectivity index (χ1n) is 5.69. The van der Waals surface area contributed by atoms with Gasteiger partial charge in [-0.15, -0.1) is 18.3 Å². The molecule has 15 heavy (non-hydrogen) atoms. The molecule has 0 unspecified atom stereocenters. The summed E-state index contributed by atoms with van der Waals surface area (Å²) >= 11 is 1.96. The lowest BCUT2D eigenvalue weighted by molar-refractivity contribution is 0.778. The lowest BCUT2D eigenvalue weighted by Gasteiger charge is -2.02. The van der Waals surface area contributed by atoms with Crippen molar-refractivity contribution in [2.45, 2.75) is 37.5 Å². The largest absolute Gasteiger partial charge is 0.126 e. The summed E-state index contributed by atoms with van der Waals surface area (Å²) in [5, 5.41) is 0. The molecule has 0 heterocycles. The second-order valence-corrected chi connectivity index (χ2v) is 4.86. The number of hydrogen-bond donors (Lipinski definition) is 0. The Labute approximate surface area is 97.8 Å². The molecule has 0 spiro atoms. The Morgan fingerprint density at radius 3 is 2.53 bits per heavy atom. The van der Waals surface area contributed by atoms with Crippen LogP contribution in [-0.4, -0.2) is 5.75 Å². The maximum atomic E-state index is 3.74.